The van der Waals surface area contributed by atoms with Crippen LogP contribution in [-0.2, 0) is 6.42 Å². The summed E-state index contributed by atoms with van der Waals surface area (Å²) >= 11 is 0. The first-order valence-electron chi connectivity index (χ1n) is 7.15. The molecule has 0 aliphatic heterocycles. The minimum absolute atomic E-state index is 0.218. The normalized spacial score (nSPS) is 12.5. The molecule has 0 bridgehead atoms. The van der Waals surface area contributed by atoms with Crippen LogP contribution in [-0.4, -0.2) is 34.2 Å². The van der Waals surface area contributed by atoms with Crippen molar-refractivity contribution in [3.8, 4) is 0 Å². The van der Waals surface area contributed by atoms with Crippen molar-refractivity contribution in [2.24, 2.45) is 5.92 Å². The molecule has 0 fully saturated rings. The Balaban J connectivity index is 2.10. The van der Waals surface area contributed by atoms with Gasteiger partial charge in [0.1, 0.15) is 6.04 Å². The molecule has 0 aromatic carbocycles. The molecule has 1 N–H and O–H groups in total. The largest absolute Gasteiger partial charge is 0.360 e. The van der Waals surface area contributed by atoms with Crippen molar-refractivity contribution in [1.29, 1.82) is 0 Å². The van der Waals surface area contributed by atoms with Crippen LogP contribution in [0.25, 0.3) is 0 Å². The van der Waals surface area contributed by atoms with Gasteiger partial charge in [-0.3, -0.25) is 0 Å². The Labute approximate surface area is 129 Å². The van der Waals surface area contributed by atoms with Gasteiger partial charge in [-0.15, -0.1) is 0 Å². The lowest BCUT2D eigenvalue weighted by Crippen LogP contribution is -2.16. The minimum Gasteiger partial charge on any atom is -0.360 e. The molecule has 1 atom stereocenters. The summed E-state index contributed by atoms with van der Waals surface area (Å²) in [7, 11) is 3.43. The van der Waals surface area contributed by atoms with Crippen molar-refractivity contribution >= 4 is 11.8 Å². The Bertz CT molecular complexity index is 628. The fourth-order valence-electron chi connectivity index (χ4n) is 1.89. The number of hydrogen-bond donors (Lipinski definition) is 1. The molecule has 2 rings (SSSR count). The third-order valence-electron chi connectivity index (χ3n) is 2.94. The van der Waals surface area contributed by atoms with E-state index in [4.69, 9.17) is 4.52 Å². The zero-order valence-corrected chi connectivity index (χ0v) is 13.5. The van der Waals surface area contributed by atoms with Crippen molar-refractivity contribution in [2.45, 2.75) is 33.2 Å². The molecular formula is C14H21FN6O. The van der Waals surface area contributed by atoms with Gasteiger partial charge in [-0.25, -0.2) is 9.37 Å². The Hall–Kier alpha value is -2.25. The molecule has 8 heteroatoms. The van der Waals surface area contributed by atoms with Crippen molar-refractivity contribution in [3.05, 3.63) is 23.7 Å². The smallest absolute Gasteiger partial charge is 0.248 e. The topological polar surface area (TPSA) is 80.0 Å². The van der Waals surface area contributed by atoms with E-state index in [-0.39, 0.29) is 11.9 Å². The van der Waals surface area contributed by atoms with Crippen molar-refractivity contribution in [2.75, 3.05) is 24.3 Å². The molecule has 0 radical (unpaired) electrons. The molecule has 0 spiro atoms. The average molecular weight is 308 g/mol. The maximum Gasteiger partial charge on any atom is 0.248 e. The zero-order valence-electron chi connectivity index (χ0n) is 13.5. The number of aromatic nitrogens is 4. The standard InChI is InChI=1S/C14H21FN6O/c1-8(2)6-11-18-13(22-20-11)9(3)17-14-16-7-10(15)12(19-14)21(4)5/h7-9H,6H2,1-5H3,(H,16,17,19). The van der Waals surface area contributed by atoms with Crippen LogP contribution in [0.1, 0.15) is 38.5 Å². The molecule has 0 saturated heterocycles. The molecule has 0 aliphatic carbocycles. The van der Waals surface area contributed by atoms with E-state index in [0.717, 1.165) is 12.6 Å². The zero-order chi connectivity index (χ0) is 16.3. The van der Waals surface area contributed by atoms with Gasteiger partial charge in [0.05, 0.1) is 6.20 Å². The van der Waals surface area contributed by atoms with Gasteiger partial charge in [0.25, 0.3) is 0 Å². The average Bonchev–Trinajstić information content (AvgIpc) is 2.88. The highest BCUT2D eigenvalue weighted by atomic mass is 19.1. The molecule has 1 unspecified atom stereocenters. The van der Waals surface area contributed by atoms with Crippen molar-refractivity contribution in [1.82, 2.24) is 20.1 Å². The third-order valence-corrected chi connectivity index (χ3v) is 2.94. The van der Waals surface area contributed by atoms with Gasteiger partial charge in [0.2, 0.25) is 11.8 Å². The number of rotatable bonds is 6. The molecule has 2 heterocycles. The van der Waals surface area contributed by atoms with Crippen LogP contribution in [0, 0.1) is 11.7 Å². The van der Waals surface area contributed by atoms with E-state index in [1.807, 2.05) is 6.92 Å². The van der Waals surface area contributed by atoms with Gasteiger partial charge in [0, 0.05) is 20.5 Å². The molecule has 22 heavy (non-hydrogen) atoms. The van der Waals surface area contributed by atoms with E-state index in [0.29, 0.717) is 23.6 Å². The lowest BCUT2D eigenvalue weighted by molar-refractivity contribution is 0.360. The van der Waals surface area contributed by atoms with E-state index in [1.165, 1.54) is 0 Å². The second-order valence-corrected chi connectivity index (χ2v) is 5.77. The summed E-state index contributed by atoms with van der Waals surface area (Å²) in [4.78, 5) is 14.0. The molecule has 2 aromatic heterocycles. The van der Waals surface area contributed by atoms with Crippen molar-refractivity contribution in [3.63, 3.8) is 0 Å². The Kier molecular flexibility index (Phi) is 4.89. The van der Waals surface area contributed by atoms with Crippen LogP contribution in [0.5, 0.6) is 0 Å². The van der Waals surface area contributed by atoms with E-state index < -0.39 is 5.82 Å². The summed E-state index contributed by atoms with van der Waals surface area (Å²) in [5, 5.41) is 6.98. The van der Waals surface area contributed by atoms with E-state index >= 15 is 0 Å². The molecule has 0 aliphatic rings. The number of nitrogens with zero attached hydrogens (tertiary/aromatic N) is 5. The first kappa shape index (κ1) is 16.1. The summed E-state index contributed by atoms with van der Waals surface area (Å²) in [6.07, 6.45) is 1.89. The SMILES string of the molecule is CC(C)Cc1noc(C(C)Nc2ncc(F)c(N(C)C)n2)n1. The highest BCUT2D eigenvalue weighted by molar-refractivity contribution is 5.42. The predicted octanol–water partition coefficient (Wildman–Crippen LogP) is 2.44. The maximum absolute atomic E-state index is 13.6. The summed E-state index contributed by atoms with van der Waals surface area (Å²) in [5.41, 5.74) is 0. The molecule has 2 aromatic rings. The van der Waals surface area contributed by atoms with Gasteiger partial charge in [-0.2, -0.15) is 9.97 Å². The highest BCUT2D eigenvalue weighted by Gasteiger charge is 2.17. The van der Waals surface area contributed by atoms with Crippen molar-refractivity contribution < 1.29 is 8.91 Å². The first-order valence-corrected chi connectivity index (χ1v) is 7.15. The molecule has 7 nitrogen and oxygen atoms in total. The second-order valence-electron chi connectivity index (χ2n) is 5.77. The van der Waals surface area contributed by atoms with Gasteiger partial charge < -0.3 is 14.7 Å². The predicted molar refractivity (Wildman–Crippen MR) is 81.2 cm³/mol. The van der Waals surface area contributed by atoms with Gasteiger partial charge in [-0.1, -0.05) is 19.0 Å². The number of hydrogen-bond acceptors (Lipinski definition) is 7. The molecule has 0 amide bonds. The first-order chi connectivity index (χ1) is 10.4. The highest BCUT2D eigenvalue weighted by Crippen LogP contribution is 2.19. The van der Waals surface area contributed by atoms with Crippen LogP contribution >= 0.6 is 0 Å². The quantitative estimate of drug-likeness (QED) is 0.877. The summed E-state index contributed by atoms with van der Waals surface area (Å²) in [5.74, 6) is 1.64. The van der Waals surface area contributed by atoms with Crippen LogP contribution in [0.15, 0.2) is 10.7 Å². The lowest BCUT2D eigenvalue weighted by Gasteiger charge is -2.14. The van der Waals surface area contributed by atoms with Crippen LogP contribution in [0.4, 0.5) is 16.2 Å². The maximum atomic E-state index is 13.6. The second kappa shape index (κ2) is 6.67. The van der Waals surface area contributed by atoms with Crippen LogP contribution < -0.4 is 10.2 Å². The molecule has 120 valence electrons. The van der Waals surface area contributed by atoms with E-state index in [1.54, 1.807) is 19.0 Å². The van der Waals surface area contributed by atoms with E-state index in [2.05, 4.69) is 39.3 Å². The number of nitrogens with one attached hydrogen (secondary N) is 1. The monoisotopic (exact) mass is 308 g/mol. The number of halogens is 1. The number of anilines is 2. The summed E-state index contributed by atoms with van der Waals surface area (Å²) < 4.78 is 18.8. The van der Waals surface area contributed by atoms with Crippen LogP contribution in [0.3, 0.4) is 0 Å². The van der Waals surface area contributed by atoms with Gasteiger partial charge in [-0.05, 0) is 12.8 Å². The summed E-state index contributed by atoms with van der Waals surface area (Å²) in [6, 6.07) is -0.270. The van der Waals surface area contributed by atoms with E-state index in [9.17, 15) is 4.39 Å². The minimum atomic E-state index is -0.472. The van der Waals surface area contributed by atoms with Gasteiger partial charge in [0.15, 0.2) is 17.5 Å². The fraction of sp³-hybridized carbons (Fsp3) is 0.571. The lowest BCUT2D eigenvalue weighted by atomic mass is 10.1. The Morgan fingerprint density at radius 1 is 1.27 bits per heavy atom. The fourth-order valence-corrected chi connectivity index (χ4v) is 1.89. The Morgan fingerprint density at radius 2 is 2.00 bits per heavy atom. The molecular weight excluding hydrogens is 287 g/mol. The summed E-state index contributed by atoms with van der Waals surface area (Å²) in [6.45, 7) is 6.04. The van der Waals surface area contributed by atoms with Crippen LogP contribution in [0.2, 0.25) is 0 Å². The Morgan fingerprint density at radius 3 is 2.64 bits per heavy atom. The third kappa shape index (κ3) is 3.90. The van der Waals surface area contributed by atoms with Gasteiger partial charge >= 0.3 is 0 Å². The molecule has 0 saturated carbocycles.